The third-order valence-corrected chi connectivity index (χ3v) is 1.84. The number of ether oxygens (including phenoxy) is 1. The van der Waals surface area contributed by atoms with Crippen LogP contribution in [0.15, 0.2) is 18.2 Å². The summed E-state index contributed by atoms with van der Waals surface area (Å²) in [6.07, 6.45) is -0.0589. The summed E-state index contributed by atoms with van der Waals surface area (Å²) in [4.78, 5) is 10.2. The number of halogens is 1. The average Bonchev–Trinajstić information content (AvgIpc) is 2.20. The summed E-state index contributed by atoms with van der Waals surface area (Å²) in [5.41, 5.74) is 0.246. The maximum absolute atomic E-state index is 13.5. The molecule has 0 amide bonds. The lowest BCUT2D eigenvalue weighted by atomic mass is 10.2. The third-order valence-electron chi connectivity index (χ3n) is 1.84. The first kappa shape index (κ1) is 11.3. The van der Waals surface area contributed by atoms with Gasteiger partial charge in [-0.1, -0.05) is 6.07 Å². The summed E-state index contributed by atoms with van der Waals surface area (Å²) in [6.45, 7) is 0.180. The Morgan fingerprint density at radius 1 is 1.60 bits per heavy atom. The number of carboxylic acids is 1. The predicted molar refractivity (Wildman–Crippen MR) is 53.7 cm³/mol. The Hall–Kier alpha value is -1.78. The fourth-order valence-electron chi connectivity index (χ4n) is 1.11. The fourth-order valence-corrected chi connectivity index (χ4v) is 1.11. The van der Waals surface area contributed by atoms with Gasteiger partial charge in [-0.05, 0) is 12.1 Å². The van der Waals surface area contributed by atoms with E-state index in [-0.39, 0.29) is 24.4 Å². The van der Waals surface area contributed by atoms with Crippen molar-refractivity contribution in [1.82, 2.24) is 0 Å². The van der Waals surface area contributed by atoms with Crippen molar-refractivity contribution in [2.75, 3.05) is 19.0 Å². The Labute approximate surface area is 86.7 Å². The van der Waals surface area contributed by atoms with Crippen LogP contribution in [0.5, 0.6) is 5.75 Å². The van der Waals surface area contributed by atoms with Gasteiger partial charge in [-0.15, -0.1) is 0 Å². The molecular weight excluding hydrogens is 201 g/mol. The average molecular weight is 213 g/mol. The first-order chi connectivity index (χ1) is 7.15. The van der Waals surface area contributed by atoms with E-state index >= 15 is 0 Å². The molecule has 0 aromatic heterocycles. The Bertz CT molecular complexity index is 355. The van der Waals surface area contributed by atoms with Crippen LogP contribution in [0.4, 0.5) is 10.1 Å². The maximum Gasteiger partial charge on any atom is 0.305 e. The zero-order chi connectivity index (χ0) is 11.3. The van der Waals surface area contributed by atoms with Crippen LogP contribution in [-0.2, 0) is 4.79 Å². The van der Waals surface area contributed by atoms with Gasteiger partial charge in [0, 0.05) is 6.54 Å². The minimum absolute atomic E-state index is 0.0589. The molecule has 82 valence electrons. The number of hydrogen-bond acceptors (Lipinski definition) is 3. The molecule has 1 aromatic carbocycles. The summed E-state index contributed by atoms with van der Waals surface area (Å²) < 4.78 is 18.2. The standard InChI is InChI=1S/C10H12FNO3/c1-15-8-4-2-3-7(10(8)11)12-6-5-9(13)14/h2-4,12H,5-6H2,1H3,(H,13,14). The van der Waals surface area contributed by atoms with Crippen LogP contribution in [0.25, 0.3) is 0 Å². The highest BCUT2D eigenvalue weighted by Crippen LogP contribution is 2.23. The van der Waals surface area contributed by atoms with E-state index in [1.54, 1.807) is 6.07 Å². The van der Waals surface area contributed by atoms with E-state index in [0.717, 1.165) is 0 Å². The van der Waals surface area contributed by atoms with Crippen LogP contribution in [0.1, 0.15) is 6.42 Å². The highest BCUT2D eigenvalue weighted by Gasteiger charge is 2.07. The molecule has 0 aliphatic heterocycles. The molecule has 0 spiro atoms. The number of anilines is 1. The van der Waals surface area contributed by atoms with Crippen molar-refractivity contribution in [3.8, 4) is 5.75 Å². The number of aliphatic carboxylic acids is 1. The van der Waals surface area contributed by atoms with E-state index in [1.165, 1.54) is 19.2 Å². The van der Waals surface area contributed by atoms with Crippen molar-refractivity contribution in [1.29, 1.82) is 0 Å². The Morgan fingerprint density at radius 2 is 2.33 bits per heavy atom. The number of benzene rings is 1. The lowest BCUT2D eigenvalue weighted by Crippen LogP contribution is -2.08. The third kappa shape index (κ3) is 3.12. The normalized spacial score (nSPS) is 9.73. The second-order valence-corrected chi connectivity index (χ2v) is 2.89. The van der Waals surface area contributed by atoms with Crippen molar-refractivity contribution >= 4 is 11.7 Å². The maximum atomic E-state index is 13.5. The number of hydrogen-bond donors (Lipinski definition) is 2. The molecule has 0 saturated heterocycles. The van der Waals surface area contributed by atoms with Crippen LogP contribution < -0.4 is 10.1 Å². The second kappa shape index (κ2) is 5.19. The quantitative estimate of drug-likeness (QED) is 0.781. The topological polar surface area (TPSA) is 58.6 Å². The molecule has 0 atom stereocenters. The molecule has 4 nitrogen and oxygen atoms in total. The number of methoxy groups -OCH3 is 1. The highest BCUT2D eigenvalue weighted by atomic mass is 19.1. The fraction of sp³-hybridized carbons (Fsp3) is 0.300. The molecule has 1 rings (SSSR count). The van der Waals surface area contributed by atoms with E-state index in [1.807, 2.05) is 0 Å². The lowest BCUT2D eigenvalue weighted by Gasteiger charge is -2.08. The first-order valence-corrected chi connectivity index (χ1v) is 4.43. The van der Waals surface area contributed by atoms with Crippen molar-refractivity contribution in [3.63, 3.8) is 0 Å². The van der Waals surface area contributed by atoms with E-state index in [0.29, 0.717) is 0 Å². The van der Waals surface area contributed by atoms with Crippen molar-refractivity contribution in [2.24, 2.45) is 0 Å². The monoisotopic (exact) mass is 213 g/mol. The Kier molecular flexibility index (Phi) is 3.91. The highest BCUT2D eigenvalue weighted by molar-refractivity contribution is 5.67. The van der Waals surface area contributed by atoms with Crippen LogP contribution in [-0.4, -0.2) is 24.7 Å². The second-order valence-electron chi connectivity index (χ2n) is 2.89. The Balaban J connectivity index is 2.64. The van der Waals surface area contributed by atoms with Crippen LogP contribution >= 0.6 is 0 Å². The van der Waals surface area contributed by atoms with Crippen molar-refractivity contribution in [2.45, 2.75) is 6.42 Å². The van der Waals surface area contributed by atoms with Gasteiger partial charge in [0.15, 0.2) is 11.6 Å². The smallest absolute Gasteiger partial charge is 0.305 e. The molecule has 0 saturated carbocycles. The van der Waals surface area contributed by atoms with Gasteiger partial charge in [0.1, 0.15) is 0 Å². The summed E-state index contributed by atoms with van der Waals surface area (Å²) in [5, 5.41) is 11.1. The molecule has 0 radical (unpaired) electrons. The van der Waals surface area contributed by atoms with Gasteiger partial charge in [0.25, 0.3) is 0 Å². The predicted octanol–water partition coefficient (Wildman–Crippen LogP) is 1.72. The van der Waals surface area contributed by atoms with Gasteiger partial charge in [0.05, 0.1) is 19.2 Å². The van der Waals surface area contributed by atoms with Crippen LogP contribution in [0, 0.1) is 5.82 Å². The zero-order valence-corrected chi connectivity index (χ0v) is 8.29. The molecule has 0 unspecified atom stereocenters. The van der Waals surface area contributed by atoms with Gasteiger partial charge < -0.3 is 15.2 Å². The summed E-state index contributed by atoms with van der Waals surface area (Å²) in [6, 6.07) is 4.66. The largest absolute Gasteiger partial charge is 0.494 e. The summed E-state index contributed by atoms with van der Waals surface area (Å²) in [5.74, 6) is -1.30. The van der Waals surface area contributed by atoms with Crippen molar-refractivity contribution in [3.05, 3.63) is 24.0 Å². The number of carbonyl (C=O) groups is 1. The summed E-state index contributed by atoms with van der Waals surface area (Å²) >= 11 is 0. The van der Waals surface area contributed by atoms with E-state index in [2.05, 4.69) is 5.32 Å². The molecule has 2 N–H and O–H groups in total. The summed E-state index contributed by atoms with van der Waals surface area (Å²) in [7, 11) is 1.37. The molecule has 0 aliphatic rings. The number of carboxylic acid groups (broad SMARTS) is 1. The van der Waals surface area contributed by atoms with E-state index in [9.17, 15) is 9.18 Å². The van der Waals surface area contributed by atoms with Gasteiger partial charge in [0.2, 0.25) is 0 Å². The van der Waals surface area contributed by atoms with Crippen LogP contribution in [0.3, 0.4) is 0 Å². The number of rotatable bonds is 5. The first-order valence-electron chi connectivity index (χ1n) is 4.43. The lowest BCUT2D eigenvalue weighted by molar-refractivity contribution is -0.136. The Morgan fingerprint density at radius 3 is 2.93 bits per heavy atom. The van der Waals surface area contributed by atoms with E-state index < -0.39 is 11.8 Å². The van der Waals surface area contributed by atoms with Gasteiger partial charge in [-0.3, -0.25) is 4.79 Å². The minimum Gasteiger partial charge on any atom is -0.494 e. The SMILES string of the molecule is COc1cccc(NCCC(=O)O)c1F. The zero-order valence-electron chi connectivity index (χ0n) is 8.29. The molecule has 1 aromatic rings. The molecule has 0 fully saturated rings. The van der Waals surface area contributed by atoms with Gasteiger partial charge in [-0.25, -0.2) is 4.39 Å². The van der Waals surface area contributed by atoms with Gasteiger partial charge >= 0.3 is 5.97 Å². The molecule has 0 bridgehead atoms. The van der Waals surface area contributed by atoms with Gasteiger partial charge in [-0.2, -0.15) is 0 Å². The number of nitrogens with one attached hydrogen (secondary N) is 1. The minimum atomic E-state index is -0.925. The van der Waals surface area contributed by atoms with Crippen LogP contribution in [0.2, 0.25) is 0 Å². The molecular formula is C10H12FNO3. The molecule has 5 heteroatoms. The van der Waals surface area contributed by atoms with Crippen molar-refractivity contribution < 1.29 is 19.0 Å². The van der Waals surface area contributed by atoms with E-state index in [4.69, 9.17) is 9.84 Å². The molecule has 0 heterocycles. The molecule has 15 heavy (non-hydrogen) atoms. The molecule has 0 aliphatic carbocycles.